The molecule has 22 heavy (non-hydrogen) atoms. The quantitative estimate of drug-likeness (QED) is 0.781. The monoisotopic (exact) mass is 357 g/mol. The number of hydrogen-bond acceptors (Lipinski definition) is 4. The molecule has 7 heteroatoms. The summed E-state index contributed by atoms with van der Waals surface area (Å²) >= 11 is 3.32. The highest BCUT2D eigenvalue weighted by molar-refractivity contribution is 9.10. The first-order valence-corrected chi connectivity index (χ1v) is 7.32. The summed E-state index contributed by atoms with van der Waals surface area (Å²) < 4.78 is 2.17. The van der Waals surface area contributed by atoms with Gasteiger partial charge in [0, 0.05) is 24.3 Å². The predicted molar refractivity (Wildman–Crippen MR) is 86.0 cm³/mol. The lowest BCUT2D eigenvalue weighted by molar-refractivity contribution is 0.102. The van der Waals surface area contributed by atoms with Gasteiger partial charge in [-0.3, -0.25) is 9.36 Å². The molecule has 0 aliphatic carbocycles. The smallest absolute Gasteiger partial charge is 0.275 e. The van der Waals surface area contributed by atoms with Crippen molar-refractivity contribution in [1.29, 1.82) is 0 Å². The molecule has 0 saturated heterocycles. The third-order valence-corrected chi connectivity index (χ3v) is 3.66. The van der Waals surface area contributed by atoms with Crippen LogP contribution in [0.5, 0.6) is 0 Å². The Labute approximate surface area is 135 Å². The molecule has 1 N–H and O–H groups in total. The molecule has 2 aromatic heterocycles. The van der Waals surface area contributed by atoms with Crippen LogP contribution in [0.4, 0.5) is 5.69 Å². The molecule has 0 fully saturated rings. The molecule has 110 valence electrons. The van der Waals surface area contributed by atoms with Crippen molar-refractivity contribution in [2.75, 3.05) is 5.32 Å². The number of amides is 1. The number of anilines is 1. The van der Waals surface area contributed by atoms with Gasteiger partial charge in [0.05, 0.1) is 4.47 Å². The van der Waals surface area contributed by atoms with Gasteiger partial charge in [-0.05, 0) is 34.5 Å². The van der Waals surface area contributed by atoms with E-state index in [1.807, 2.05) is 31.2 Å². The Morgan fingerprint density at radius 3 is 2.86 bits per heavy atom. The maximum Gasteiger partial charge on any atom is 0.275 e. The van der Waals surface area contributed by atoms with Crippen molar-refractivity contribution in [2.45, 2.75) is 6.92 Å². The molecule has 3 rings (SSSR count). The number of rotatable bonds is 3. The van der Waals surface area contributed by atoms with E-state index < -0.39 is 0 Å². The molecule has 0 saturated carbocycles. The Hall–Kier alpha value is -2.54. The predicted octanol–water partition coefficient (Wildman–Crippen LogP) is 2.99. The zero-order valence-corrected chi connectivity index (χ0v) is 13.3. The topological polar surface area (TPSA) is 72.7 Å². The molecule has 3 aromatic rings. The highest BCUT2D eigenvalue weighted by atomic mass is 79.9. The van der Waals surface area contributed by atoms with E-state index in [4.69, 9.17) is 0 Å². The lowest BCUT2D eigenvalue weighted by Crippen LogP contribution is -2.17. The van der Waals surface area contributed by atoms with Crippen LogP contribution in [0.25, 0.3) is 5.95 Å². The Bertz CT molecular complexity index is 817. The molecule has 0 bridgehead atoms. The van der Waals surface area contributed by atoms with Crippen molar-refractivity contribution in [1.82, 2.24) is 19.5 Å². The summed E-state index contributed by atoms with van der Waals surface area (Å²) in [5, 5.41) is 2.86. The first-order valence-electron chi connectivity index (χ1n) is 6.53. The van der Waals surface area contributed by atoms with Crippen molar-refractivity contribution in [2.24, 2.45) is 0 Å². The number of nitrogens with one attached hydrogen (secondary N) is 1. The van der Waals surface area contributed by atoms with Gasteiger partial charge in [-0.2, -0.15) is 0 Å². The van der Waals surface area contributed by atoms with Gasteiger partial charge in [0.1, 0.15) is 12.0 Å². The highest BCUT2D eigenvalue weighted by Gasteiger charge is 2.15. The van der Waals surface area contributed by atoms with E-state index in [2.05, 4.69) is 36.2 Å². The molecule has 0 atom stereocenters. The minimum Gasteiger partial charge on any atom is -0.320 e. The van der Waals surface area contributed by atoms with E-state index in [0.717, 1.165) is 11.3 Å². The van der Waals surface area contributed by atoms with Gasteiger partial charge in [-0.15, -0.1) is 0 Å². The van der Waals surface area contributed by atoms with Crippen molar-refractivity contribution in [3.63, 3.8) is 0 Å². The number of carbonyl (C=O) groups excluding carboxylic acids is 1. The van der Waals surface area contributed by atoms with Crippen molar-refractivity contribution in [3.05, 3.63) is 64.9 Å². The van der Waals surface area contributed by atoms with Crippen LogP contribution in [0.15, 0.2) is 53.7 Å². The van der Waals surface area contributed by atoms with Gasteiger partial charge in [-0.1, -0.05) is 18.2 Å². The molecule has 1 amide bonds. The standard InChI is InChI=1S/C15H12BrN5O/c1-10-4-2-3-5-12(10)19-14(22)13-11(16)8-18-15(20-13)21-7-6-17-9-21/h2-9H,1H3,(H,19,22). The number of aryl methyl sites for hydroxylation is 1. The van der Waals surface area contributed by atoms with Crippen LogP contribution in [0, 0.1) is 6.92 Å². The Balaban J connectivity index is 1.92. The molecule has 1 aromatic carbocycles. The van der Waals surface area contributed by atoms with Crippen LogP contribution in [-0.2, 0) is 0 Å². The fraction of sp³-hybridized carbons (Fsp3) is 0.0667. The summed E-state index contributed by atoms with van der Waals surface area (Å²) in [5.41, 5.74) is 2.00. The zero-order valence-electron chi connectivity index (χ0n) is 11.7. The van der Waals surface area contributed by atoms with E-state index in [1.165, 1.54) is 0 Å². The number of aromatic nitrogens is 4. The summed E-state index contributed by atoms with van der Waals surface area (Å²) in [4.78, 5) is 24.9. The molecule has 2 heterocycles. The van der Waals surface area contributed by atoms with E-state index in [9.17, 15) is 4.79 Å². The average Bonchev–Trinajstić information content (AvgIpc) is 3.04. The minimum atomic E-state index is -0.301. The van der Waals surface area contributed by atoms with Gasteiger partial charge < -0.3 is 5.32 Å². The molecule has 0 unspecified atom stereocenters. The van der Waals surface area contributed by atoms with Crippen molar-refractivity contribution < 1.29 is 4.79 Å². The average molecular weight is 358 g/mol. The van der Waals surface area contributed by atoms with Gasteiger partial charge in [0.15, 0.2) is 0 Å². The third-order valence-electron chi connectivity index (χ3n) is 3.08. The first-order chi connectivity index (χ1) is 10.6. The Kier molecular flexibility index (Phi) is 3.97. The van der Waals surface area contributed by atoms with Crippen LogP contribution in [0.3, 0.4) is 0 Å². The number of benzene rings is 1. The third kappa shape index (κ3) is 2.89. The van der Waals surface area contributed by atoms with Crippen LogP contribution in [0.2, 0.25) is 0 Å². The van der Waals surface area contributed by atoms with Crippen LogP contribution in [-0.4, -0.2) is 25.4 Å². The fourth-order valence-corrected chi connectivity index (χ4v) is 2.28. The fourth-order valence-electron chi connectivity index (χ4n) is 1.91. The van der Waals surface area contributed by atoms with Gasteiger partial charge in [0.25, 0.3) is 5.91 Å². The first kappa shape index (κ1) is 14.4. The summed E-state index contributed by atoms with van der Waals surface area (Å²) in [6.45, 7) is 1.93. The Morgan fingerprint density at radius 1 is 1.32 bits per heavy atom. The number of imidazole rings is 1. The van der Waals surface area contributed by atoms with E-state index >= 15 is 0 Å². The normalized spacial score (nSPS) is 10.5. The minimum absolute atomic E-state index is 0.266. The zero-order chi connectivity index (χ0) is 15.5. The van der Waals surface area contributed by atoms with Crippen LogP contribution >= 0.6 is 15.9 Å². The maximum atomic E-state index is 12.5. The second-order valence-corrected chi connectivity index (χ2v) is 5.46. The molecule has 0 spiro atoms. The Morgan fingerprint density at radius 2 is 2.14 bits per heavy atom. The summed E-state index contributed by atoms with van der Waals surface area (Å²) in [7, 11) is 0. The van der Waals surface area contributed by atoms with Crippen molar-refractivity contribution in [3.8, 4) is 5.95 Å². The van der Waals surface area contributed by atoms with Gasteiger partial charge in [0.2, 0.25) is 5.95 Å². The highest BCUT2D eigenvalue weighted by Crippen LogP contribution is 2.18. The molecule has 0 aliphatic heterocycles. The molecule has 0 aliphatic rings. The summed E-state index contributed by atoms with van der Waals surface area (Å²) in [6, 6.07) is 7.57. The van der Waals surface area contributed by atoms with E-state index in [1.54, 1.807) is 29.5 Å². The number of para-hydroxylation sites is 1. The second-order valence-electron chi connectivity index (χ2n) is 4.61. The molecular formula is C15H12BrN5O. The van der Waals surface area contributed by atoms with E-state index in [0.29, 0.717) is 10.4 Å². The largest absolute Gasteiger partial charge is 0.320 e. The molecule has 6 nitrogen and oxygen atoms in total. The van der Waals surface area contributed by atoms with Gasteiger partial charge in [-0.25, -0.2) is 15.0 Å². The second kappa shape index (κ2) is 6.07. The van der Waals surface area contributed by atoms with Gasteiger partial charge >= 0.3 is 0 Å². The SMILES string of the molecule is Cc1ccccc1NC(=O)c1nc(-n2ccnc2)ncc1Br. The number of hydrogen-bond donors (Lipinski definition) is 1. The lowest BCUT2D eigenvalue weighted by Gasteiger charge is -2.09. The number of halogens is 1. The van der Waals surface area contributed by atoms with E-state index in [-0.39, 0.29) is 11.6 Å². The molecular weight excluding hydrogens is 346 g/mol. The summed E-state index contributed by atoms with van der Waals surface area (Å²) in [6.07, 6.45) is 6.46. The summed E-state index contributed by atoms with van der Waals surface area (Å²) in [5.74, 6) is 0.0839. The maximum absolute atomic E-state index is 12.5. The number of nitrogens with zero attached hydrogens (tertiary/aromatic N) is 4. The van der Waals surface area contributed by atoms with Crippen LogP contribution < -0.4 is 5.32 Å². The lowest BCUT2D eigenvalue weighted by atomic mass is 10.2. The number of carbonyl (C=O) groups is 1. The van der Waals surface area contributed by atoms with Crippen LogP contribution in [0.1, 0.15) is 16.1 Å². The molecule has 0 radical (unpaired) electrons. The van der Waals surface area contributed by atoms with Crippen molar-refractivity contribution >= 4 is 27.5 Å².